The molecule has 0 fully saturated rings. The number of hydrogen-bond donors (Lipinski definition) is 0. The zero-order valence-corrected chi connectivity index (χ0v) is 10.6. The maximum Gasteiger partial charge on any atom is 0.121 e. The van der Waals surface area contributed by atoms with Crippen LogP contribution in [0.2, 0.25) is 5.02 Å². The Morgan fingerprint density at radius 2 is 2.06 bits per heavy atom. The Balaban J connectivity index is 2.69. The molecule has 1 unspecified atom stereocenters. The van der Waals surface area contributed by atoms with Gasteiger partial charge < -0.3 is 4.74 Å². The molecule has 0 aliphatic rings. The van der Waals surface area contributed by atoms with Crippen LogP contribution in [0.15, 0.2) is 18.2 Å². The van der Waals surface area contributed by atoms with Crippen molar-refractivity contribution in [2.45, 2.75) is 33.3 Å². The van der Waals surface area contributed by atoms with Crippen molar-refractivity contribution in [2.24, 2.45) is 5.92 Å². The van der Waals surface area contributed by atoms with E-state index in [1.807, 2.05) is 13.0 Å². The third-order valence-electron chi connectivity index (χ3n) is 2.20. The number of rotatable bonds is 4. The topological polar surface area (TPSA) is 33.0 Å². The van der Waals surface area contributed by atoms with E-state index in [4.69, 9.17) is 21.6 Å². The molecule has 0 saturated carbocycles. The third-order valence-corrected chi connectivity index (χ3v) is 2.51. The zero-order chi connectivity index (χ0) is 12.1. The minimum Gasteiger partial charge on any atom is -0.491 e. The summed E-state index contributed by atoms with van der Waals surface area (Å²) in [5.41, 5.74) is 0.477. The average molecular weight is 238 g/mol. The lowest BCUT2D eigenvalue weighted by Gasteiger charge is -2.16. The van der Waals surface area contributed by atoms with Crippen LogP contribution in [-0.4, -0.2) is 6.10 Å². The second-order valence-electron chi connectivity index (χ2n) is 4.31. The van der Waals surface area contributed by atoms with Gasteiger partial charge in [-0.25, -0.2) is 0 Å². The van der Waals surface area contributed by atoms with Crippen LogP contribution in [0.3, 0.4) is 0 Å². The van der Waals surface area contributed by atoms with Gasteiger partial charge >= 0.3 is 0 Å². The predicted molar refractivity (Wildman–Crippen MR) is 65.7 cm³/mol. The van der Waals surface area contributed by atoms with Crippen molar-refractivity contribution in [1.29, 1.82) is 5.26 Å². The smallest absolute Gasteiger partial charge is 0.121 e. The van der Waals surface area contributed by atoms with Gasteiger partial charge in [0, 0.05) is 6.07 Å². The lowest BCUT2D eigenvalue weighted by Crippen LogP contribution is -2.14. The largest absolute Gasteiger partial charge is 0.491 e. The summed E-state index contributed by atoms with van der Waals surface area (Å²) in [7, 11) is 0. The summed E-state index contributed by atoms with van der Waals surface area (Å²) in [6.45, 7) is 6.35. The van der Waals surface area contributed by atoms with Gasteiger partial charge in [0.25, 0.3) is 0 Å². The number of nitrogens with zero attached hydrogens (tertiary/aromatic N) is 1. The quantitative estimate of drug-likeness (QED) is 0.792. The zero-order valence-electron chi connectivity index (χ0n) is 9.83. The van der Waals surface area contributed by atoms with Crippen molar-refractivity contribution < 1.29 is 4.74 Å². The highest BCUT2D eigenvalue weighted by molar-refractivity contribution is 6.31. The molecule has 0 aliphatic heterocycles. The molecular weight excluding hydrogens is 222 g/mol. The minimum absolute atomic E-state index is 0.156. The summed E-state index contributed by atoms with van der Waals surface area (Å²) in [6.07, 6.45) is 1.15. The molecule has 3 heteroatoms. The highest BCUT2D eigenvalue weighted by Crippen LogP contribution is 2.23. The van der Waals surface area contributed by atoms with E-state index >= 15 is 0 Å². The molecule has 2 nitrogen and oxygen atoms in total. The highest BCUT2D eigenvalue weighted by atomic mass is 35.5. The Morgan fingerprint density at radius 3 is 2.56 bits per heavy atom. The first-order chi connectivity index (χ1) is 7.52. The van der Waals surface area contributed by atoms with Crippen molar-refractivity contribution in [3.63, 3.8) is 0 Å². The van der Waals surface area contributed by atoms with Crippen molar-refractivity contribution in [1.82, 2.24) is 0 Å². The summed E-state index contributed by atoms with van der Waals surface area (Å²) >= 11 is 5.92. The minimum atomic E-state index is 0.156. The Labute approximate surface area is 102 Å². The predicted octanol–water partition coefficient (Wildman–Crippen LogP) is 4.03. The Bertz CT molecular complexity index is 395. The maximum absolute atomic E-state index is 8.73. The van der Waals surface area contributed by atoms with Gasteiger partial charge in [-0.3, -0.25) is 0 Å². The van der Waals surface area contributed by atoms with E-state index in [-0.39, 0.29) is 6.10 Å². The van der Waals surface area contributed by atoms with Gasteiger partial charge in [-0.05, 0) is 31.4 Å². The Morgan fingerprint density at radius 1 is 1.38 bits per heavy atom. The molecule has 0 N–H and O–H groups in total. The lowest BCUT2D eigenvalue weighted by atomic mass is 10.1. The fourth-order valence-corrected chi connectivity index (χ4v) is 1.82. The van der Waals surface area contributed by atoms with Crippen LogP contribution in [0.4, 0.5) is 0 Å². The van der Waals surface area contributed by atoms with E-state index < -0.39 is 0 Å². The first-order valence-corrected chi connectivity index (χ1v) is 5.77. The molecule has 0 saturated heterocycles. The maximum atomic E-state index is 8.73. The fourth-order valence-electron chi connectivity index (χ4n) is 1.60. The summed E-state index contributed by atoms with van der Waals surface area (Å²) in [5.74, 6) is 1.32. The van der Waals surface area contributed by atoms with Crippen molar-refractivity contribution in [2.75, 3.05) is 0 Å². The van der Waals surface area contributed by atoms with Gasteiger partial charge in [0.05, 0.1) is 16.7 Å². The van der Waals surface area contributed by atoms with Crippen LogP contribution in [-0.2, 0) is 0 Å². The molecule has 1 atom stereocenters. The molecule has 0 aromatic heterocycles. The van der Waals surface area contributed by atoms with Gasteiger partial charge in [0.15, 0.2) is 0 Å². The van der Waals surface area contributed by atoms with Gasteiger partial charge in [0.1, 0.15) is 11.8 Å². The SMILES string of the molecule is CC(C)CC(C)Oc1ccc(C#N)c(Cl)c1. The molecule has 1 aromatic carbocycles. The summed E-state index contributed by atoms with van der Waals surface area (Å²) in [4.78, 5) is 0. The molecule has 1 aromatic rings. The molecule has 1 rings (SSSR count). The van der Waals surface area contributed by atoms with Gasteiger partial charge in [-0.2, -0.15) is 5.26 Å². The third kappa shape index (κ3) is 3.75. The van der Waals surface area contributed by atoms with E-state index in [1.165, 1.54) is 0 Å². The van der Waals surface area contributed by atoms with Crippen LogP contribution in [0.1, 0.15) is 32.8 Å². The standard InChI is InChI=1S/C13H16ClNO/c1-9(2)6-10(3)16-12-5-4-11(8-15)13(14)7-12/h4-5,7,9-10H,6H2,1-3H3. The van der Waals surface area contributed by atoms with Crippen LogP contribution in [0, 0.1) is 17.2 Å². The van der Waals surface area contributed by atoms with Crippen LogP contribution >= 0.6 is 11.6 Å². The van der Waals surface area contributed by atoms with Gasteiger partial charge in [0.2, 0.25) is 0 Å². The Kier molecular flexibility index (Phi) is 4.64. The van der Waals surface area contributed by atoms with Crippen molar-refractivity contribution in [3.8, 4) is 11.8 Å². The van der Waals surface area contributed by atoms with E-state index in [2.05, 4.69) is 13.8 Å². The van der Waals surface area contributed by atoms with Crippen LogP contribution in [0.5, 0.6) is 5.75 Å². The number of hydrogen-bond acceptors (Lipinski definition) is 2. The summed E-state index contributed by atoms with van der Waals surface area (Å²) in [6, 6.07) is 7.17. The van der Waals surface area contributed by atoms with E-state index in [1.54, 1.807) is 18.2 Å². The van der Waals surface area contributed by atoms with Crippen molar-refractivity contribution in [3.05, 3.63) is 28.8 Å². The lowest BCUT2D eigenvalue weighted by molar-refractivity contribution is 0.193. The van der Waals surface area contributed by atoms with Crippen molar-refractivity contribution >= 4 is 11.6 Å². The molecule has 0 bridgehead atoms. The second-order valence-corrected chi connectivity index (χ2v) is 4.72. The average Bonchev–Trinajstić information content (AvgIpc) is 2.16. The fraction of sp³-hybridized carbons (Fsp3) is 0.462. The molecule has 16 heavy (non-hydrogen) atoms. The summed E-state index contributed by atoms with van der Waals surface area (Å²) in [5, 5.41) is 9.18. The normalized spacial score (nSPS) is 12.2. The highest BCUT2D eigenvalue weighted by Gasteiger charge is 2.08. The second kappa shape index (κ2) is 5.77. The number of nitriles is 1. The van der Waals surface area contributed by atoms with Crippen LogP contribution in [0.25, 0.3) is 0 Å². The molecular formula is C13H16ClNO. The van der Waals surface area contributed by atoms with Gasteiger partial charge in [-0.1, -0.05) is 25.4 Å². The molecule has 0 radical (unpaired) electrons. The van der Waals surface area contributed by atoms with E-state index in [9.17, 15) is 0 Å². The summed E-state index contributed by atoms with van der Waals surface area (Å²) < 4.78 is 5.71. The molecule has 0 spiro atoms. The van der Waals surface area contributed by atoms with E-state index in [0.717, 1.165) is 12.2 Å². The number of halogens is 1. The first-order valence-electron chi connectivity index (χ1n) is 5.39. The number of benzene rings is 1. The number of ether oxygens (including phenoxy) is 1. The molecule has 0 amide bonds. The van der Waals surface area contributed by atoms with Gasteiger partial charge in [-0.15, -0.1) is 0 Å². The first kappa shape index (κ1) is 12.9. The Hall–Kier alpha value is -1.20. The van der Waals surface area contributed by atoms with Crippen LogP contribution < -0.4 is 4.74 Å². The molecule has 0 heterocycles. The molecule has 0 aliphatic carbocycles. The van der Waals surface area contributed by atoms with E-state index in [0.29, 0.717) is 16.5 Å². The monoisotopic (exact) mass is 237 g/mol. The molecule has 86 valence electrons.